The third kappa shape index (κ3) is 7.26. The van der Waals surface area contributed by atoms with Crippen molar-refractivity contribution >= 4 is 17.5 Å². The van der Waals surface area contributed by atoms with Crippen LogP contribution in [0.5, 0.6) is 5.88 Å². The van der Waals surface area contributed by atoms with Crippen molar-refractivity contribution in [3.8, 4) is 39.4 Å². The van der Waals surface area contributed by atoms with Crippen LogP contribution in [0.15, 0.2) is 77.9 Å². The van der Waals surface area contributed by atoms with Gasteiger partial charge in [0.1, 0.15) is 5.65 Å². The fraction of sp³-hybridized carbons (Fsp3) is 0.325. The molecule has 0 unspecified atom stereocenters. The predicted octanol–water partition coefficient (Wildman–Crippen LogP) is 4.45. The number of hydrogen-bond acceptors (Lipinski definition) is 8. The highest BCUT2D eigenvalue weighted by atomic mass is 16.5. The number of hydrogen-bond donors (Lipinski definition) is 4. The summed E-state index contributed by atoms with van der Waals surface area (Å²) in [6.45, 7) is 6.54. The van der Waals surface area contributed by atoms with Gasteiger partial charge in [-0.05, 0) is 78.3 Å². The van der Waals surface area contributed by atoms with Crippen LogP contribution >= 0.6 is 0 Å². The number of carbonyl (C=O) groups is 2. The minimum absolute atomic E-state index is 0.0766. The van der Waals surface area contributed by atoms with Gasteiger partial charge in [-0.3, -0.25) is 18.8 Å². The van der Waals surface area contributed by atoms with Crippen LogP contribution in [0.25, 0.3) is 39.2 Å². The Morgan fingerprint density at radius 1 is 0.784 bits per heavy atom. The topological polar surface area (TPSA) is 139 Å². The largest absolute Gasteiger partial charge is 0.481 e. The fourth-order valence-electron chi connectivity index (χ4n) is 7.20. The second kappa shape index (κ2) is 14.8. The molecule has 5 heterocycles. The summed E-state index contributed by atoms with van der Waals surface area (Å²) in [5.74, 6) is 0.763. The van der Waals surface area contributed by atoms with Crippen molar-refractivity contribution < 1.29 is 14.3 Å². The van der Waals surface area contributed by atoms with Crippen LogP contribution in [0.2, 0.25) is 0 Å². The molecule has 3 aromatic heterocycles. The minimum Gasteiger partial charge on any atom is -0.481 e. The maximum Gasteiger partial charge on any atom is 0.262 e. The third-order valence-corrected chi connectivity index (χ3v) is 10.0. The minimum atomic E-state index is -0.110. The molecule has 2 aromatic carbocycles. The van der Waals surface area contributed by atoms with E-state index in [4.69, 9.17) is 9.72 Å². The molecule has 2 aliphatic rings. The summed E-state index contributed by atoms with van der Waals surface area (Å²) >= 11 is 0. The lowest BCUT2D eigenvalue weighted by atomic mass is 9.89. The Balaban J connectivity index is 1.10. The van der Waals surface area contributed by atoms with Gasteiger partial charge in [0.05, 0.1) is 12.8 Å². The van der Waals surface area contributed by atoms with Crippen LogP contribution in [0.4, 0.5) is 0 Å². The second-order valence-electron chi connectivity index (χ2n) is 13.4. The Kier molecular flexibility index (Phi) is 9.92. The highest BCUT2D eigenvalue weighted by Crippen LogP contribution is 2.37. The van der Waals surface area contributed by atoms with Crippen molar-refractivity contribution in [1.82, 2.24) is 35.6 Å². The Morgan fingerprint density at radius 2 is 1.39 bits per heavy atom. The molecule has 0 aliphatic carbocycles. The molecule has 4 N–H and O–H groups in total. The maximum absolute atomic E-state index is 13.3. The van der Waals surface area contributed by atoms with Crippen LogP contribution in [0.1, 0.15) is 47.9 Å². The molecule has 2 atom stereocenters. The number of ether oxygens (including phenoxy) is 1. The van der Waals surface area contributed by atoms with E-state index in [2.05, 4.69) is 82.6 Å². The summed E-state index contributed by atoms with van der Waals surface area (Å²) in [4.78, 5) is 45.8. The van der Waals surface area contributed by atoms with Crippen molar-refractivity contribution in [2.75, 3.05) is 20.2 Å². The molecule has 7 rings (SSSR count). The average Bonchev–Trinajstić information content (AvgIpc) is 3.76. The number of rotatable bonds is 12. The van der Waals surface area contributed by atoms with Crippen molar-refractivity contribution in [3.63, 3.8) is 0 Å². The lowest BCUT2D eigenvalue weighted by Crippen LogP contribution is -2.36. The Hall–Kier alpha value is -5.39. The van der Waals surface area contributed by atoms with Gasteiger partial charge in [-0.2, -0.15) is 0 Å². The van der Waals surface area contributed by atoms with Crippen LogP contribution in [0.3, 0.4) is 0 Å². The molecule has 11 nitrogen and oxygen atoms in total. The molecule has 0 bridgehead atoms. The highest BCUT2D eigenvalue weighted by Gasteiger charge is 2.22. The second-order valence-corrected chi connectivity index (χ2v) is 13.4. The molecule has 0 radical (unpaired) electrons. The first-order valence-electron chi connectivity index (χ1n) is 17.5. The highest BCUT2D eigenvalue weighted by molar-refractivity contribution is 5.84. The molecule has 2 aliphatic heterocycles. The molecule has 2 saturated heterocycles. The first-order valence-corrected chi connectivity index (χ1v) is 17.5. The van der Waals surface area contributed by atoms with Gasteiger partial charge in [0, 0.05) is 80.2 Å². The molecule has 0 saturated carbocycles. The van der Waals surface area contributed by atoms with Crippen molar-refractivity contribution in [2.24, 2.45) is 0 Å². The SMILES string of the molecule is COc1nc(-c2cccc(-c3cccc(-c4ccn5c(=O)c(CNC[C@@H]6CCC(=O)N6)cnc5c4)c3C)c2C)ccc1CNC[C@H]1CCC(=O)N1. The number of nitrogens with one attached hydrogen (secondary N) is 4. The van der Waals surface area contributed by atoms with Gasteiger partial charge in [-0.15, -0.1) is 0 Å². The van der Waals surface area contributed by atoms with Crippen LogP contribution in [-0.4, -0.2) is 58.5 Å². The van der Waals surface area contributed by atoms with Crippen molar-refractivity contribution in [1.29, 1.82) is 0 Å². The van der Waals surface area contributed by atoms with E-state index in [1.165, 1.54) is 0 Å². The first kappa shape index (κ1) is 34.1. The van der Waals surface area contributed by atoms with Crippen LogP contribution in [0, 0.1) is 13.8 Å². The zero-order valence-corrected chi connectivity index (χ0v) is 29.2. The average molecular weight is 686 g/mol. The third-order valence-electron chi connectivity index (χ3n) is 10.0. The fourth-order valence-corrected chi connectivity index (χ4v) is 7.20. The Morgan fingerprint density at radius 3 is 2.02 bits per heavy atom. The monoisotopic (exact) mass is 685 g/mol. The number of amides is 2. The van der Waals surface area contributed by atoms with E-state index >= 15 is 0 Å². The number of carbonyl (C=O) groups excluding carboxylic acids is 2. The predicted molar refractivity (Wildman–Crippen MR) is 197 cm³/mol. The standard InChI is InChI=1S/C40H43N7O4/c1-24-31(26-16-17-47-36(18-26)43-21-28(40(47)50)20-42-23-30-12-15-38(49)45-30)6-4-7-32(24)33-8-5-9-34(25(33)2)35-13-10-27(39(46-35)51-3)19-41-22-29-11-14-37(48)44-29/h4-10,13,16-18,21,29-30,41-42H,11-12,14-15,19-20,22-23H2,1-3H3,(H,44,48)(H,45,49)/t29-,30+/m1/s1. The van der Waals surface area contributed by atoms with Crippen LogP contribution < -0.4 is 31.6 Å². The van der Waals surface area contributed by atoms with E-state index in [-0.39, 0.29) is 29.5 Å². The summed E-state index contributed by atoms with van der Waals surface area (Å²) < 4.78 is 7.29. The smallest absolute Gasteiger partial charge is 0.262 e. The maximum atomic E-state index is 13.3. The van der Waals surface area contributed by atoms with Gasteiger partial charge in [0.15, 0.2) is 0 Å². The number of pyridine rings is 2. The zero-order chi connectivity index (χ0) is 35.5. The van der Waals surface area contributed by atoms with E-state index < -0.39 is 0 Å². The summed E-state index contributed by atoms with van der Waals surface area (Å²) in [7, 11) is 1.64. The normalized spacial score (nSPS) is 17.2. The molecule has 0 spiro atoms. The number of fused-ring (bicyclic) bond motifs is 1. The van der Waals surface area contributed by atoms with E-state index in [0.717, 1.165) is 63.0 Å². The van der Waals surface area contributed by atoms with E-state index in [0.29, 0.717) is 56.1 Å². The number of aromatic nitrogens is 3. The lowest BCUT2D eigenvalue weighted by molar-refractivity contribution is -0.120. The van der Waals surface area contributed by atoms with Gasteiger partial charge in [0.25, 0.3) is 5.56 Å². The molecule has 2 fully saturated rings. The van der Waals surface area contributed by atoms with Gasteiger partial charge in [-0.1, -0.05) is 42.5 Å². The number of nitrogens with zero attached hydrogens (tertiary/aromatic N) is 3. The van der Waals surface area contributed by atoms with Gasteiger partial charge >= 0.3 is 0 Å². The van der Waals surface area contributed by atoms with Crippen molar-refractivity contribution in [3.05, 3.63) is 106 Å². The summed E-state index contributed by atoms with van der Waals surface area (Å²) in [5.41, 5.74) is 10.4. The van der Waals surface area contributed by atoms with Gasteiger partial charge in [-0.25, -0.2) is 9.97 Å². The van der Waals surface area contributed by atoms with E-state index in [9.17, 15) is 14.4 Å². The number of benzene rings is 2. The van der Waals surface area contributed by atoms with Crippen molar-refractivity contribution in [2.45, 2.75) is 64.7 Å². The summed E-state index contributed by atoms with van der Waals surface area (Å²) in [5, 5.41) is 12.6. The summed E-state index contributed by atoms with van der Waals surface area (Å²) in [6, 6.07) is 20.9. The lowest BCUT2D eigenvalue weighted by Gasteiger charge is -2.17. The Labute approximate surface area is 296 Å². The molecule has 262 valence electrons. The summed E-state index contributed by atoms with van der Waals surface area (Å²) in [6.07, 6.45) is 6.23. The van der Waals surface area contributed by atoms with Crippen LogP contribution in [-0.2, 0) is 22.7 Å². The molecule has 5 aromatic rings. The molecule has 2 amide bonds. The quantitative estimate of drug-likeness (QED) is 0.151. The van der Waals surface area contributed by atoms with E-state index in [1.807, 2.05) is 18.2 Å². The number of methoxy groups -OCH3 is 1. The van der Waals surface area contributed by atoms with Gasteiger partial charge < -0.3 is 26.0 Å². The Bertz CT molecular complexity index is 2180. The molecular formula is C40H43N7O4. The molecule has 51 heavy (non-hydrogen) atoms. The molecule has 11 heteroatoms. The molecular weight excluding hydrogens is 642 g/mol. The zero-order valence-electron chi connectivity index (χ0n) is 29.2. The first-order chi connectivity index (χ1) is 24.8. The van der Waals surface area contributed by atoms with E-state index in [1.54, 1.807) is 23.9 Å². The van der Waals surface area contributed by atoms with Gasteiger partial charge in [0.2, 0.25) is 17.7 Å².